The molecule has 202 valence electrons. The fourth-order valence-electron chi connectivity index (χ4n) is 5.11. The Hall–Kier alpha value is -4.09. The molecule has 2 aliphatic heterocycles. The first-order valence-corrected chi connectivity index (χ1v) is 14.1. The lowest BCUT2D eigenvalue weighted by atomic mass is 9.83. The minimum atomic E-state index is -0.850. The molecule has 0 radical (unpaired) electrons. The van der Waals surface area contributed by atoms with Crippen molar-refractivity contribution in [2.75, 3.05) is 10.2 Å². The summed E-state index contributed by atoms with van der Waals surface area (Å²) in [5, 5.41) is 2.22. The number of thioether (sulfide) groups is 1. The Morgan fingerprint density at radius 1 is 0.875 bits per heavy atom. The topological polar surface area (TPSA) is 88.5 Å². The lowest BCUT2D eigenvalue weighted by Gasteiger charge is -2.30. The largest absolute Gasteiger partial charge is 0.325 e. The number of nitrogens with zero attached hydrogens (tertiary/aromatic N) is 2. The summed E-state index contributed by atoms with van der Waals surface area (Å²) >= 11 is 2.00. The summed E-state index contributed by atoms with van der Waals surface area (Å²) in [5.41, 5.74) is 2.39. The number of amides is 3. The first-order valence-electron chi connectivity index (χ1n) is 12.4. The van der Waals surface area contributed by atoms with Crippen LogP contribution < -0.4 is 15.1 Å². The smallest absolute Gasteiger partial charge is 0.308 e. The number of imide groups is 1. The maximum atomic E-state index is 13.8. The molecule has 6 rings (SSSR count). The third kappa shape index (κ3) is 4.54. The van der Waals surface area contributed by atoms with Gasteiger partial charge in [-0.2, -0.15) is 0 Å². The number of aryl methyl sites for hydroxylation is 1. The molecule has 1 saturated heterocycles. The predicted molar refractivity (Wildman–Crippen MR) is 149 cm³/mol. The Morgan fingerprint density at radius 2 is 1.50 bits per heavy atom. The molecule has 2 aliphatic rings. The second-order valence-corrected chi connectivity index (χ2v) is 11.7. The Balaban J connectivity index is 1.40. The maximum absolute atomic E-state index is 13.8. The number of fused-ring (bicyclic) bond motifs is 2. The maximum Gasteiger partial charge on any atom is 0.308 e. The molecule has 1 fully saturated rings. The molecule has 0 bridgehead atoms. The lowest BCUT2D eigenvalue weighted by molar-refractivity contribution is -0.122. The highest BCUT2D eigenvalue weighted by Crippen LogP contribution is 2.53. The average Bonchev–Trinajstić information content (AvgIpc) is 3.37. The molecule has 3 heterocycles. The van der Waals surface area contributed by atoms with Crippen LogP contribution in [0.25, 0.3) is 0 Å². The predicted octanol–water partition coefficient (Wildman–Crippen LogP) is 4.93. The van der Waals surface area contributed by atoms with E-state index < -0.39 is 51.3 Å². The van der Waals surface area contributed by atoms with E-state index in [2.05, 4.69) is 5.32 Å². The first kappa shape index (κ1) is 26.1. The van der Waals surface area contributed by atoms with Gasteiger partial charge in [0.25, 0.3) is 0 Å². The lowest BCUT2D eigenvalue weighted by Crippen LogP contribution is -2.33. The van der Waals surface area contributed by atoms with Crippen LogP contribution in [0.2, 0.25) is 0 Å². The van der Waals surface area contributed by atoms with Crippen molar-refractivity contribution in [2.24, 2.45) is 5.92 Å². The van der Waals surface area contributed by atoms with Crippen molar-refractivity contribution in [2.45, 2.75) is 29.7 Å². The molecule has 1 aromatic heterocycles. The molecule has 0 spiro atoms. The van der Waals surface area contributed by atoms with Crippen LogP contribution in [-0.2, 0) is 20.9 Å². The van der Waals surface area contributed by atoms with Gasteiger partial charge in [-0.15, -0.1) is 0 Å². The van der Waals surface area contributed by atoms with Gasteiger partial charge in [-0.25, -0.2) is 13.7 Å². The number of rotatable bonds is 5. The normalized spacial score (nSPS) is 19.9. The van der Waals surface area contributed by atoms with E-state index >= 15 is 0 Å². The molecule has 0 saturated carbocycles. The van der Waals surface area contributed by atoms with Gasteiger partial charge in [0.2, 0.25) is 17.7 Å². The standard InChI is InChI=1S/C29H21F2N3O4S2/c1-15-2-12-20(13-3-15)34-26(36)23-22(16-4-6-17(30)7-5-16)25-28(39-24(23)27(34)37)33(29(38)40-25)14-21(35)32-19-10-8-18(31)9-11-19/h2-13,22-24H,14H2,1H3,(H,32,35)/t22-,23?,24?/m0/s1. The van der Waals surface area contributed by atoms with Crippen LogP contribution in [0.4, 0.5) is 20.2 Å². The summed E-state index contributed by atoms with van der Waals surface area (Å²) in [6, 6.07) is 18.0. The molecule has 11 heteroatoms. The summed E-state index contributed by atoms with van der Waals surface area (Å²) in [4.78, 5) is 54.9. The molecule has 3 amide bonds. The fraction of sp³-hybridized carbons (Fsp3) is 0.172. The van der Waals surface area contributed by atoms with E-state index in [1.165, 1.54) is 45.9 Å². The summed E-state index contributed by atoms with van der Waals surface area (Å²) in [5.74, 6) is -3.73. The Kier molecular flexibility index (Phi) is 6.63. The minimum absolute atomic E-state index is 0.341. The van der Waals surface area contributed by atoms with E-state index in [4.69, 9.17) is 0 Å². The van der Waals surface area contributed by atoms with Crippen LogP contribution in [0.5, 0.6) is 0 Å². The molecule has 0 aliphatic carbocycles. The number of aromatic nitrogens is 1. The number of hydrogen-bond acceptors (Lipinski definition) is 6. The molecule has 2 unspecified atom stereocenters. The zero-order valence-electron chi connectivity index (χ0n) is 21.0. The highest BCUT2D eigenvalue weighted by molar-refractivity contribution is 8.00. The number of anilines is 2. The van der Waals surface area contributed by atoms with Gasteiger partial charge in [0, 0.05) is 16.5 Å². The van der Waals surface area contributed by atoms with E-state index in [1.807, 2.05) is 19.1 Å². The second-order valence-electron chi connectivity index (χ2n) is 9.62. The zero-order valence-corrected chi connectivity index (χ0v) is 22.6. The van der Waals surface area contributed by atoms with Crippen molar-refractivity contribution in [3.8, 4) is 0 Å². The minimum Gasteiger partial charge on any atom is -0.325 e. The quantitative estimate of drug-likeness (QED) is 0.340. The van der Waals surface area contributed by atoms with Crippen molar-refractivity contribution >= 4 is 52.2 Å². The SMILES string of the molecule is Cc1ccc(N2C(=O)C3Sc4c(sc(=O)n4CC(=O)Nc4ccc(F)cc4)[C@@H](c4ccc(F)cc4)C3C2=O)cc1. The van der Waals surface area contributed by atoms with Crippen LogP contribution in [-0.4, -0.2) is 27.5 Å². The van der Waals surface area contributed by atoms with Crippen LogP contribution >= 0.6 is 23.1 Å². The monoisotopic (exact) mass is 577 g/mol. The number of carbonyl (C=O) groups excluding carboxylic acids is 3. The second kappa shape index (κ2) is 10.1. The van der Waals surface area contributed by atoms with Crippen LogP contribution in [0.15, 0.2) is 82.6 Å². The molecule has 4 aromatic rings. The molecule has 1 N–H and O–H groups in total. The average molecular weight is 578 g/mol. The Morgan fingerprint density at radius 3 is 2.15 bits per heavy atom. The van der Waals surface area contributed by atoms with Gasteiger partial charge in [0.15, 0.2) is 0 Å². The summed E-state index contributed by atoms with van der Waals surface area (Å²) in [6.07, 6.45) is 0. The summed E-state index contributed by atoms with van der Waals surface area (Å²) in [7, 11) is 0. The Labute approximate surface area is 235 Å². The highest BCUT2D eigenvalue weighted by atomic mass is 32.2. The molecule has 3 atom stereocenters. The third-order valence-corrected chi connectivity index (χ3v) is 9.60. The first-order chi connectivity index (χ1) is 19.2. The van der Waals surface area contributed by atoms with E-state index in [1.54, 1.807) is 24.3 Å². The van der Waals surface area contributed by atoms with E-state index in [9.17, 15) is 28.0 Å². The summed E-state index contributed by atoms with van der Waals surface area (Å²) in [6.45, 7) is 1.56. The molecule has 40 heavy (non-hydrogen) atoms. The summed E-state index contributed by atoms with van der Waals surface area (Å²) < 4.78 is 28.4. The van der Waals surface area contributed by atoms with Crippen molar-refractivity contribution in [3.63, 3.8) is 0 Å². The van der Waals surface area contributed by atoms with Gasteiger partial charge in [-0.1, -0.05) is 52.9 Å². The van der Waals surface area contributed by atoms with Gasteiger partial charge in [0.05, 0.1) is 16.6 Å². The number of carbonyl (C=O) groups is 3. The molecule has 3 aromatic carbocycles. The van der Waals surface area contributed by atoms with Gasteiger partial charge >= 0.3 is 4.87 Å². The molecule has 7 nitrogen and oxygen atoms in total. The van der Waals surface area contributed by atoms with Crippen molar-refractivity contribution in [1.82, 2.24) is 4.57 Å². The van der Waals surface area contributed by atoms with Gasteiger partial charge in [-0.05, 0) is 61.0 Å². The van der Waals surface area contributed by atoms with Crippen molar-refractivity contribution < 1.29 is 23.2 Å². The molecular weight excluding hydrogens is 556 g/mol. The third-order valence-electron chi connectivity index (χ3n) is 7.00. The number of halogens is 2. The fourth-order valence-corrected chi connectivity index (χ4v) is 7.88. The highest BCUT2D eigenvalue weighted by Gasteiger charge is 2.56. The van der Waals surface area contributed by atoms with Gasteiger partial charge < -0.3 is 5.32 Å². The van der Waals surface area contributed by atoms with E-state index in [-0.39, 0.29) is 6.54 Å². The van der Waals surface area contributed by atoms with Crippen molar-refractivity contribution in [1.29, 1.82) is 0 Å². The van der Waals surface area contributed by atoms with Crippen molar-refractivity contribution in [3.05, 3.63) is 110 Å². The number of hydrogen-bond donors (Lipinski definition) is 1. The van der Waals surface area contributed by atoms with E-state index in [0.717, 1.165) is 28.7 Å². The molecular formula is C29H21F2N3O4S2. The van der Waals surface area contributed by atoms with Gasteiger partial charge in [0.1, 0.15) is 23.4 Å². The van der Waals surface area contributed by atoms with Crippen LogP contribution in [0, 0.1) is 24.5 Å². The van der Waals surface area contributed by atoms with E-state index in [0.29, 0.717) is 26.8 Å². The van der Waals surface area contributed by atoms with Gasteiger partial charge in [-0.3, -0.25) is 23.7 Å². The zero-order chi connectivity index (χ0) is 28.1. The Bertz CT molecular complexity index is 1700. The van der Waals surface area contributed by atoms with Crippen LogP contribution in [0.3, 0.4) is 0 Å². The number of thiazole rings is 1. The number of benzene rings is 3. The van der Waals surface area contributed by atoms with Crippen LogP contribution in [0.1, 0.15) is 21.9 Å². The number of nitrogens with one attached hydrogen (secondary N) is 1.